The van der Waals surface area contributed by atoms with Gasteiger partial charge in [0.05, 0.1) is 0 Å². The fourth-order valence-corrected chi connectivity index (χ4v) is 2.86. The summed E-state index contributed by atoms with van der Waals surface area (Å²) in [6.45, 7) is 7.25. The molecule has 0 saturated carbocycles. The van der Waals surface area contributed by atoms with E-state index in [2.05, 4.69) is 23.6 Å². The number of nitrogens with zero attached hydrogens (tertiary/aromatic N) is 1. The topological polar surface area (TPSA) is 21.7 Å². The third-order valence-corrected chi connectivity index (χ3v) is 3.68. The van der Waals surface area contributed by atoms with Crippen molar-refractivity contribution in [2.24, 2.45) is 0 Å². The Morgan fingerprint density at radius 3 is 2.94 bits per heavy atom. The van der Waals surface area contributed by atoms with Crippen LogP contribution in [0.1, 0.15) is 24.4 Å². The van der Waals surface area contributed by atoms with Crippen LogP contribution in [0.3, 0.4) is 0 Å². The van der Waals surface area contributed by atoms with Gasteiger partial charge in [-0.3, -0.25) is 4.90 Å². The summed E-state index contributed by atoms with van der Waals surface area (Å²) >= 11 is 0. The molecule has 0 spiro atoms. The molecule has 2 heterocycles. The molecule has 2 aliphatic heterocycles. The smallest absolute Gasteiger partial charge is 0.161 e. The second kappa shape index (κ2) is 5.02. The van der Waals surface area contributed by atoms with Crippen LogP contribution in [0.4, 0.5) is 0 Å². The van der Waals surface area contributed by atoms with Gasteiger partial charge in [0, 0.05) is 12.6 Å². The molecule has 3 rings (SSSR count). The summed E-state index contributed by atoms with van der Waals surface area (Å²) in [5.74, 6) is 1.77. The molecule has 1 aromatic rings. The number of likely N-dealkylation sites (tertiary alicyclic amines) is 1. The van der Waals surface area contributed by atoms with E-state index < -0.39 is 0 Å². The van der Waals surface area contributed by atoms with E-state index in [0.29, 0.717) is 19.3 Å². The van der Waals surface area contributed by atoms with E-state index >= 15 is 0 Å². The van der Waals surface area contributed by atoms with Crippen LogP contribution in [-0.4, -0.2) is 31.2 Å². The summed E-state index contributed by atoms with van der Waals surface area (Å²) in [5.41, 5.74) is 1.33. The van der Waals surface area contributed by atoms with Crippen LogP contribution >= 0.6 is 0 Å². The van der Waals surface area contributed by atoms with Gasteiger partial charge in [0.15, 0.2) is 11.5 Å². The molecule has 3 nitrogen and oxygen atoms in total. The fraction of sp³-hybridized carbons (Fsp3) is 0.467. The van der Waals surface area contributed by atoms with Gasteiger partial charge in [0.2, 0.25) is 0 Å². The van der Waals surface area contributed by atoms with Crippen molar-refractivity contribution in [3.63, 3.8) is 0 Å². The maximum atomic E-state index is 5.66. The minimum atomic E-state index is 0.499. The first-order valence-corrected chi connectivity index (χ1v) is 6.63. The molecule has 0 bridgehead atoms. The van der Waals surface area contributed by atoms with Crippen molar-refractivity contribution in [3.05, 3.63) is 36.4 Å². The molecule has 0 radical (unpaired) electrons. The van der Waals surface area contributed by atoms with E-state index in [-0.39, 0.29) is 0 Å². The minimum absolute atomic E-state index is 0.499. The van der Waals surface area contributed by atoms with Crippen LogP contribution in [0.25, 0.3) is 0 Å². The van der Waals surface area contributed by atoms with Gasteiger partial charge in [-0.1, -0.05) is 12.1 Å². The quantitative estimate of drug-likeness (QED) is 0.764. The van der Waals surface area contributed by atoms with Crippen LogP contribution in [0.5, 0.6) is 11.5 Å². The Morgan fingerprint density at radius 1 is 1.28 bits per heavy atom. The van der Waals surface area contributed by atoms with Gasteiger partial charge in [-0.2, -0.15) is 0 Å². The van der Waals surface area contributed by atoms with Crippen molar-refractivity contribution in [1.82, 2.24) is 4.90 Å². The predicted molar refractivity (Wildman–Crippen MR) is 71.2 cm³/mol. The van der Waals surface area contributed by atoms with Gasteiger partial charge in [-0.25, -0.2) is 0 Å². The first-order chi connectivity index (χ1) is 8.88. The van der Waals surface area contributed by atoms with E-state index in [0.717, 1.165) is 24.6 Å². The van der Waals surface area contributed by atoms with Crippen molar-refractivity contribution in [2.45, 2.75) is 18.9 Å². The molecule has 96 valence electrons. The lowest BCUT2D eigenvalue weighted by Crippen LogP contribution is -2.23. The number of ether oxygens (including phenoxy) is 2. The number of benzene rings is 1. The molecule has 3 heteroatoms. The lowest BCUT2D eigenvalue weighted by Gasteiger charge is -2.25. The highest BCUT2D eigenvalue weighted by atomic mass is 16.6. The number of hydrogen-bond acceptors (Lipinski definition) is 3. The largest absolute Gasteiger partial charge is 0.486 e. The molecule has 18 heavy (non-hydrogen) atoms. The van der Waals surface area contributed by atoms with Crippen molar-refractivity contribution in [3.8, 4) is 11.5 Å². The van der Waals surface area contributed by atoms with Gasteiger partial charge >= 0.3 is 0 Å². The van der Waals surface area contributed by atoms with Crippen molar-refractivity contribution in [2.75, 3.05) is 26.3 Å². The first-order valence-electron chi connectivity index (χ1n) is 6.63. The van der Waals surface area contributed by atoms with Gasteiger partial charge in [-0.05, 0) is 37.1 Å². The molecular formula is C15H19NO2. The molecule has 0 aliphatic carbocycles. The zero-order valence-electron chi connectivity index (χ0n) is 10.6. The summed E-state index contributed by atoms with van der Waals surface area (Å²) in [5, 5.41) is 0. The normalized spacial score (nSPS) is 23.0. The predicted octanol–water partition coefficient (Wildman–Crippen LogP) is 2.78. The fourth-order valence-electron chi connectivity index (χ4n) is 2.86. The average molecular weight is 245 g/mol. The van der Waals surface area contributed by atoms with E-state index in [1.54, 1.807) is 0 Å². The second-order valence-electron chi connectivity index (χ2n) is 4.84. The summed E-state index contributed by atoms with van der Waals surface area (Å²) in [7, 11) is 0. The zero-order valence-corrected chi connectivity index (χ0v) is 10.6. The molecule has 2 aliphatic rings. The average Bonchev–Trinajstić information content (AvgIpc) is 2.87. The Kier molecular flexibility index (Phi) is 3.24. The van der Waals surface area contributed by atoms with Crippen LogP contribution in [0.2, 0.25) is 0 Å². The molecule has 0 amide bonds. The third-order valence-electron chi connectivity index (χ3n) is 3.68. The SMILES string of the molecule is C=CCN1CCC[C@@H]1c1ccc2c(c1)OCCO2. The lowest BCUT2D eigenvalue weighted by atomic mass is 10.0. The zero-order chi connectivity index (χ0) is 12.4. The molecular weight excluding hydrogens is 226 g/mol. The number of hydrogen-bond donors (Lipinski definition) is 0. The van der Waals surface area contributed by atoms with Crippen LogP contribution in [0, 0.1) is 0 Å². The molecule has 0 aromatic heterocycles. The summed E-state index contributed by atoms with van der Waals surface area (Å²) in [6, 6.07) is 6.84. The van der Waals surface area contributed by atoms with Gasteiger partial charge < -0.3 is 9.47 Å². The maximum Gasteiger partial charge on any atom is 0.161 e. The molecule has 0 N–H and O–H groups in total. The van der Waals surface area contributed by atoms with Gasteiger partial charge in [0.25, 0.3) is 0 Å². The Balaban J connectivity index is 1.85. The Hall–Kier alpha value is -1.48. The van der Waals surface area contributed by atoms with Crippen molar-refractivity contribution >= 4 is 0 Å². The van der Waals surface area contributed by atoms with E-state index in [1.165, 1.54) is 18.4 Å². The van der Waals surface area contributed by atoms with Crippen molar-refractivity contribution < 1.29 is 9.47 Å². The molecule has 1 atom stereocenters. The molecule has 0 unspecified atom stereocenters. The monoisotopic (exact) mass is 245 g/mol. The van der Waals surface area contributed by atoms with Crippen LogP contribution in [-0.2, 0) is 0 Å². The molecule has 1 aromatic carbocycles. The molecule has 1 saturated heterocycles. The van der Waals surface area contributed by atoms with Gasteiger partial charge in [-0.15, -0.1) is 6.58 Å². The van der Waals surface area contributed by atoms with Crippen molar-refractivity contribution in [1.29, 1.82) is 0 Å². The minimum Gasteiger partial charge on any atom is -0.486 e. The van der Waals surface area contributed by atoms with Crippen LogP contribution < -0.4 is 9.47 Å². The summed E-state index contributed by atoms with van der Waals surface area (Å²) in [4.78, 5) is 2.47. The van der Waals surface area contributed by atoms with Crippen LogP contribution in [0.15, 0.2) is 30.9 Å². The Morgan fingerprint density at radius 2 is 2.11 bits per heavy atom. The first kappa shape index (κ1) is 11.6. The maximum absolute atomic E-state index is 5.66. The number of rotatable bonds is 3. The summed E-state index contributed by atoms with van der Waals surface area (Å²) in [6.07, 6.45) is 4.46. The Bertz CT molecular complexity index is 444. The lowest BCUT2D eigenvalue weighted by molar-refractivity contribution is 0.171. The number of fused-ring (bicyclic) bond motifs is 1. The van der Waals surface area contributed by atoms with E-state index in [1.807, 2.05) is 12.1 Å². The third kappa shape index (κ3) is 2.10. The van der Waals surface area contributed by atoms with E-state index in [4.69, 9.17) is 9.47 Å². The summed E-state index contributed by atoms with van der Waals surface area (Å²) < 4.78 is 11.2. The van der Waals surface area contributed by atoms with Gasteiger partial charge in [0.1, 0.15) is 13.2 Å². The van der Waals surface area contributed by atoms with E-state index in [9.17, 15) is 0 Å². The second-order valence-corrected chi connectivity index (χ2v) is 4.84. The Labute approximate surface area is 108 Å². The highest BCUT2D eigenvalue weighted by Gasteiger charge is 2.26. The highest BCUT2D eigenvalue weighted by Crippen LogP contribution is 2.37. The highest BCUT2D eigenvalue weighted by molar-refractivity contribution is 5.44. The standard InChI is InChI=1S/C15H19NO2/c1-2-7-16-8-3-4-13(16)12-5-6-14-15(11-12)18-10-9-17-14/h2,5-6,11,13H,1,3-4,7-10H2/t13-/m1/s1. The molecule has 1 fully saturated rings.